The number of allylic oxidation sites excluding steroid dienone is 3. The average Bonchev–Trinajstić information content (AvgIpc) is 3.09. The van der Waals surface area contributed by atoms with Gasteiger partial charge in [0.2, 0.25) is 0 Å². The van der Waals surface area contributed by atoms with Crippen LogP contribution in [0.15, 0.2) is 48.6 Å². The van der Waals surface area contributed by atoms with Crippen molar-refractivity contribution in [3.8, 4) is 0 Å². The van der Waals surface area contributed by atoms with Gasteiger partial charge in [0, 0.05) is 0 Å². The van der Waals surface area contributed by atoms with Crippen LogP contribution < -0.4 is 0 Å². The zero-order chi connectivity index (χ0) is 11.4. The molecule has 82 valence electrons. The largest absolute Gasteiger partial charge is 0.478 e. The van der Waals surface area contributed by atoms with E-state index in [1.165, 1.54) is 12.8 Å². The highest BCUT2D eigenvalue weighted by molar-refractivity contribution is 6.15. The van der Waals surface area contributed by atoms with Gasteiger partial charge < -0.3 is 5.11 Å². The van der Waals surface area contributed by atoms with Gasteiger partial charge in [-0.1, -0.05) is 42.5 Å². The summed E-state index contributed by atoms with van der Waals surface area (Å²) in [7, 11) is 0. The molecule has 0 bridgehead atoms. The molecule has 0 atom stereocenters. The number of aliphatic carboxylic acids is 1. The Morgan fingerprint density at radius 1 is 1.25 bits per heavy atom. The minimum atomic E-state index is -0.883. The van der Waals surface area contributed by atoms with Crippen molar-refractivity contribution in [1.29, 1.82) is 0 Å². The fourth-order valence-corrected chi connectivity index (χ4v) is 1.51. The molecule has 1 aliphatic carbocycles. The fraction of sp³-hybridized carbons (Fsp3) is 0.214. The van der Waals surface area contributed by atoms with Gasteiger partial charge in [-0.3, -0.25) is 0 Å². The number of carboxylic acid groups (broad SMARTS) is 1. The number of carbonyl (C=O) groups is 1. The molecule has 1 fully saturated rings. The molecule has 0 aliphatic heterocycles. The second kappa shape index (κ2) is 4.79. The average molecular weight is 214 g/mol. The molecule has 0 amide bonds. The van der Waals surface area contributed by atoms with Crippen LogP contribution in [0, 0.1) is 5.92 Å². The normalized spacial score (nSPS) is 16.6. The molecular weight excluding hydrogens is 200 g/mol. The second-order valence-corrected chi connectivity index (χ2v) is 3.97. The molecule has 2 nitrogen and oxygen atoms in total. The summed E-state index contributed by atoms with van der Waals surface area (Å²) >= 11 is 0. The van der Waals surface area contributed by atoms with Gasteiger partial charge in [-0.2, -0.15) is 0 Å². The van der Waals surface area contributed by atoms with Gasteiger partial charge in [-0.15, -0.1) is 0 Å². The van der Waals surface area contributed by atoms with E-state index in [2.05, 4.69) is 6.08 Å². The molecule has 0 heterocycles. The Balaban J connectivity index is 2.19. The Kier molecular flexibility index (Phi) is 3.20. The summed E-state index contributed by atoms with van der Waals surface area (Å²) in [6, 6.07) is 9.19. The highest BCUT2D eigenvalue weighted by atomic mass is 16.4. The third-order valence-electron chi connectivity index (χ3n) is 2.58. The Hall–Kier alpha value is -1.83. The van der Waals surface area contributed by atoms with E-state index >= 15 is 0 Å². The third-order valence-corrected chi connectivity index (χ3v) is 2.58. The lowest BCUT2D eigenvalue weighted by atomic mass is 10.1. The van der Waals surface area contributed by atoms with Crippen molar-refractivity contribution in [1.82, 2.24) is 0 Å². The van der Waals surface area contributed by atoms with Crippen molar-refractivity contribution < 1.29 is 9.90 Å². The minimum absolute atomic E-state index is 0.345. The summed E-state index contributed by atoms with van der Waals surface area (Å²) in [5.41, 5.74) is 1.09. The number of carboxylic acids is 1. The molecule has 0 aromatic heterocycles. The van der Waals surface area contributed by atoms with Gasteiger partial charge in [0.05, 0.1) is 5.57 Å². The van der Waals surface area contributed by atoms with E-state index in [9.17, 15) is 4.79 Å². The lowest BCUT2D eigenvalue weighted by Gasteiger charge is -2.00. The molecule has 1 N–H and O–H groups in total. The summed E-state index contributed by atoms with van der Waals surface area (Å²) in [6.07, 6.45) is 8.08. The quantitative estimate of drug-likeness (QED) is 0.617. The third kappa shape index (κ3) is 2.83. The number of hydrogen-bond acceptors (Lipinski definition) is 1. The molecule has 0 unspecified atom stereocenters. The minimum Gasteiger partial charge on any atom is -0.478 e. The standard InChI is InChI=1S/C14H14O2/c15-14(16)13(8-4-5-11-9-10-11)12-6-2-1-3-7-12/h1-8,11H,9-10H2,(H,15,16). The summed E-state index contributed by atoms with van der Waals surface area (Å²) in [5.74, 6) is -0.214. The van der Waals surface area contributed by atoms with Crippen molar-refractivity contribution in [2.24, 2.45) is 5.92 Å². The number of hydrogen-bond donors (Lipinski definition) is 1. The lowest BCUT2D eigenvalue weighted by Crippen LogP contribution is -1.98. The number of benzene rings is 1. The van der Waals surface area contributed by atoms with Crippen molar-refractivity contribution >= 4 is 11.5 Å². The van der Waals surface area contributed by atoms with E-state index < -0.39 is 5.97 Å². The highest BCUT2D eigenvalue weighted by Crippen LogP contribution is 2.30. The molecule has 0 radical (unpaired) electrons. The van der Waals surface area contributed by atoms with Crippen LogP contribution in [0.3, 0.4) is 0 Å². The Morgan fingerprint density at radius 2 is 1.94 bits per heavy atom. The first-order valence-electron chi connectivity index (χ1n) is 5.44. The van der Waals surface area contributed by atoms with E-state index in [1.807, 2.05) is 36.4 Å². The van der Waals surface area contributed by atoms with Crippen LogP contribution in [0.4, 0.5) is 0 Å². The Morgan fingerprint density at radius 3 is 2.50 bits per heavy atom. The van der Waals surface area contributed by atoms with E-state index in [4.69, 9.17) is 5.11 Å². The molecule has 1 aromatic rings. The maximum atomic E-state index is 11.1. The number of rotatable bonds is 4. The second-order valence-electron chi connectivity index (χ2n) is 3.97. The Bertz CT molecular complexity index is 425. The summed E-state index contributed by atoms with van der Waals surface area (Å²) in [4.78, 5) is 11.1. The fourth-order valence-electron chi connectivity index (χ4n) is 1.51. The van der Waals surface area contributed by atoms with Crippen LogP contribution in [0.1, 0.15) is 18.4 Å². The van der Waals surface area contributed by atoms with Crippen molar-refractivity contribution in [2.45, 2.75) is 12.8 Å². The van der Waals surface area contributed by atoms with E-state index in [1.54, 1.807) is 6.08 Å². The first kappa shape index (κ1) is 10.7. The van der Waals surface area contributed by atoms with Gasteiger partial charge in [0.1, 0.15) is 0 Å². The molecule has 1 aromatic carbocycles. The van der Waals surface area contributed by atoms with Gasteiger partial charge in [-0.25, -0.2) is 4.79 Å². The van der Waals surface area contributed by atoms with Crippen LogP contribution in [0.25, 0.3) is 5.57 Å². The van der Waals surface area contributed by atoms with Gasteiger partial charge in [0.25, 0.3) is 0 Å². The van der Waals surface area contributed by atoms with Crippen LogP contribution in [-0.4, -0.2) is 11.1 Å². The Labute approximate surface area is 94.9 Å². The molecular formula is C14H14O2. The molecule has 2 heteroatoms. The summed E-state index contributed by atoms with van der Waals surface area (Å²) in [5, 5.41) is 9.11. The van der Waals surface area contributed by atoms with Crippen molar-refractivity contribution in [2.75, 3.05) is 0 Å². The predicted octanol–water partition coefficient (Wildman–Crippen LogP) is 3.12. The SMILES string of the molecule is O=C(O)C(=CC=CC1CC1)c1ccccc1. The maximum absolute atomic E-state index is 11.1. The summed E-state index contributed by atoms with van der Waals surface area (Å²) in [6.45, 7) is 0. The maximum Gasteiger partial charge on any atom is 0.336 e. The molecule has 0 spiro atoms. The predicted molar refractivity (Wildman–Crippen MR) is 63.9 cm³/mol. The molecule has 2 rings (SSSR count). The van der Waals surface area contributed by atoms with Gasteiger partial charge >= 0.3 is 5.97 Å². The molecule has 16 heavy (non-hydrogen) atoms. The monoisotopic (exact) mass is 214 g/mol. The summed E-state index contributed by atoms with van der Waals surface area (Å²) < 4.78 is 0. The smallest absolute Gasteiger partial charge is 0.336 e. The van der Waals surface area contributed by atoms with Gasteiger partial charge in [-0.05, 0) is 30.4 Å². The van der Waals surface area contributed by atoms with Crippen LogP contribution in [0.2, 0.25) is 0 Å². The zero-order valence-corrected chi connectivity index (χ0v) is 8.97. The van der Waals surface area contributed by atoms with E-state index in [0.717, 1.165) is 5.56 Å². The van der Waals surface area contributed by atoms with Crippen LogP contribution in [-0.2, 0) is 4.79 Å². The van der Waals surface area contributed by atoms with E-state index in [0.29, 0.717) is 11.5 Å². The van der Waals surface area contributed by atoms with Crippen molar-refractivity contribution in [3.63, 3.8) is 0 Å². The molecule has 0 saturated heterocycles. The first-order chi connectivity index (χ1) is 7.77. The van der Waals surface area contributed by atoms with Crippen molar-refractivity contribution in [3.05, 3.63) is 54.1 Å². The molecule has 1 aliphatic rings. The zero-order valence-electron chi connectivity index (χ0n) is 8.97. The molecule has 1 saturated carbocycles. The first-order valence-corrected chi connectivity index (χ1v) is 5.44. The van der Waals surface area contributed by atoms with Crippen LogP contribution in [0.5, 0.6) is 0 Å². The lowest BCUT2D eigenvalue weighted by molar-refractivity contribution is -0.130. The topological polar surface area (TPSA) is 37.3 Å². The highest BCUT2D eigenvalue weighted by Gasteiger charge is 2.16. The van der Waals surface area contributed by atoms with Gasteiger partial charge in [0.15, 0.2) is 0 Å². The van der Waals surface area contributed by atoms with Crippen LogP contribution >= 0.6 is 0 Å². The van der Waals surface area contributed by atoms with E-state index in [-0.39, 0.29) is 0 Å².